The monoisotopic (exact) mass is 318 g/mol. The van der Waals surface area contributed by atoms with E-state index in [2.05, 4.69) is 26.1 Å². The van der Waals surface area contributed by atoms with Gasteiger partial charge in [-0.3, -0.25) is 9.59 Å². The van der Waals surface area contributed by atoms with Crippen molar-refractivity contribution in [1.82, 2.24) is 4.90 Å². The van der Waals surface area contributed by atoms with Crippen molar-refractivity contribution in [3.05, 3.63) is 29.8 Å². The Bertz CT molecular complexity index is 514. The average Bonchev–Trinajstić information content (AvgIpc) is 2.57. The Morgan fingerprint density at radius 3 is 2.39 bits per heavy atom. The number of unbranched alkanes of at least 4 members (excludes halogenated alkanes) is 1. The molecular formula is C19H30N2O2. The molecule has 0 aliphatic heterocycles. The number of benzene rings is 1. The molecule has 1 atom stereocenters. The Kier molecular flexibility index (Phi) is 8.38. The van der Waals surface area contributed by atoms with Crippen LogP contribution in [0.3, 0.4) is 0 Å². The molecule has 0 bridgehead atoms. The molecule has 1 unspecified atom stereocenters. The molecule has 0 radical (unpaired) electrons. The van der Waals surface area contributed by atoms with Gasteiger partial charge in [-0.15, -0.1) is 0 Å². The highest BCUT2D eigenvalue weighted by Crippen LogP contribution is 2.26. The van der Waals surface area contributed by atoms with Crippen LogP contribution in [-0.4, -0.2) is 29.8 Å². The molecule has 23 heavy (non-hydrogen) atoms. The van der Waals surface area contributed by atoms with Gasteiger partial charge in [0.05, 0.1) is 0 Å². The number of amides is 2. The quantitative estimate of drug-likeness (QED) is 0.731. The normalized spacial score (nSPS) is 11.8. The van der Waals surface area contributed by atoms with Gasteiger partial charge < -0.3 is 10.2 Å². The van der Waals surface area contributed by atoms with Gasteiger partial charge in [0.2, 0.25) is 0 Å². The molecule has 0 spiro atoms. The Labute approximate surface area is 140 Å². The van der Waals surface area contributed by atoms with E-state index in [1.54, 1.807) is 4.90 Å². The van der Waals surface area contributed by atoms with Crippen LogP contribution in [0.4, 0.5) is 5.69 Å². The zero-order chi connectivity index (χ0) is 17.2. The van der Waals surface area contributed by atoms with Gasteiger partial charge in [0.1, 0.15) is 0 Å². The van der Waals surface area contributed by atoms with Crippen molar-refractivity contribution >= 4 is 17.5 Å². The van der Waals surface area contributed by atoms with Crippen LogP contribution < -0.4 is 5.32 Å². The summed E-state index contributed by atoms with van der Waals surface area (Å²) in [4.78, 5) is 26.4. The smallest absolute Gasteiger partial charge is 0.313 e. The number of nitrogens with one attached hydrogen (secondary N) is 1. The van der Waals surface area contributed by atoms with E-state index >= 15 is 0 Å². The summed E-state index contributed by atoms with van der Waals surface area (Å²) in [6.45, 7) is 9.60. The summed E-state index contributed by atoms with van der Waals surface area (Å²) in [6, 6.07) is 7.72. The minimum atomic E-state index is -0.537. The third-order valence-corrected chi connectivity index (χ3v) is 4.11. The number of anilines is 1. The van der Waals surface area contributed by atoms with Gasteiger partial charge in [-0.25, -0.2) is 0 Å². The maximum Gasteiger partial charge on any atom is 0.313 e. The van der Waals surface area contributed by atoms with E-state index in [0.717, 1.165) is 36.9 Å². The lowest BCUT2D eigenvalue weighted by Gasteiger charge is -2.22. The molecule has 0 fully saturated rings. The summed E-state index contributed by atoms with van der Waals surface area (Å²) < 4.78 is 0. The van der Waals surface area contributed by atoms with Crippen LogP contribution in [0, 0.1) is 0 Å². The summed E-state index contributed by atoms with van der Waals surface area (Å²) >= 11 is 0. The van der Waals surface area contributed by atoms with Gasteiger partial charge in [-0.05, 0) is 36.8 Å². The molecule has 1 aromatic carbocycles. The first-order valence-electron chi connectivity index (χ1n) is 8.74. The third kappa shape index (κ3) is 5.70. The Hall–Kier alpha value is -1.84. The fourth-order valence-electron chi connectivity index (χ4n) is 2.51. The first kappa shape index (κ1) is 19.2. The van der Waals surface area contributed by atoms with E-state index in [1.807, 2.05) is 31.2 Å². The van der Waals surface area contributed by atoms with Gasteiger partial charge in [0.15, 0.2) is 0 Å². The SMILES string of the molecule is CCCCN(CCC)C(=O)C(=O)Nc1ccccc1C(C)CC. The maximum atomic E-state index is 12.4. The van der Waals surface area contributed by atoms with Crippen LogP contribution in [0.5, 0.6) is 0 Å². The van der Waals surface area contributed by atoms with Crippen molar-refractivity contribution in [3.63, 3.8) is 0 Å². The molecule has 0 saturated carbocycles. The summed E-state index contributed by atoms with van der Waals surface area (Å²) in [5, 5.41) is 2.81. The topological polar surface area (TPSA) is 49.4 Å². The van der Waals surface area contributed by atoms with E-state index in [9.17, 15) is 9.59 Å². The second kappa shape index (κ2) is 10.0. The van der Waals surface area contributed by atoms with Gasteiger partial charge >= 0.3 is 11.8 Å². The van der Waals surface area contributed by atoms with Crippen molar-refractivity contribution in [2.24, 2.45) is 0 Å². The second-order valence-electron chi connectivity index (χ2n) is 6.00. The summed E-state index contributed by atoms with van der Waals surface area (Å²) in [7, 11) is 0. The number of nitrogens with zero attached hydrogens (tertiary/aromatic N) is 1. The summed E-state index contributed by atoms with van der Waals surface area (Å²) in [6.07, 6.45) is 3.76. The van der Waals surface area contributed by atoms with E-state index in [1.165, 1.54) is 0 Å². The minimum absolute atomic E-state index is 0.341. The highest BCUT2D eigenvalue weighted by molar-refractivity contribution is 6.39. The van der Waals surface area contributed by atoms with Crippen molar-refractivity contribution in [2.75, 3.05) is 18.4 Å². The zero-order valence-electron chi connectivity index (χ0n) is 14.9. The van der Waals surface area contributed by atoms with Crippen LogP contribution in [0.2, 0.25) is 0 Å². The number of para-hydroxylation sites is 1. The zero-order valence-corrected chi connectivity index (χ0v) is 14.9. The lowest BCUT2D eigenvalue weighted by atomic mass is 9.97. The first-order valence-corrected chi connectivity index (χ1v) is 8.74. The predicted octanol–water partition coefficient (Wildman–Crippen LogP) is 4.18. The Morgan fingerprint density at radius 2 is 1.78 bits per heavy atom. The second-order valence-corrected chi connectivity index (χ2v) is 6.00. The standard InChI is InChI=1S/C19H30N2O2/c1-5-8-14-21(13-6-2)19(23)18(22)20-17-12-10-9-11-16(17)15(4)7-3/h9-12,15H,5-8,13-14H2,1-4H3,(H,20,22). The van der Waals surface area contributed by atoms with Crippen molar-refractivity contribution in [3.8, 4) is 0 Å². The molecule has 0 aliphatic rings. The van der Waals surface area contributed by atoms with E-state index in [4.69, 9.17) is 0 Å². The van der Waals surface area contributed by atoms with E-state index in [-0.39, 0.29) is 0 Å². The Balaban J connectivity index is 2.83. The van der Waals surface area contributed by atoms with E-state index < -0.39 is 11.8 Å². The van der Waals surface area contributed by atoms with Crippen molar-refractivity contribution in [2.45, 2.75) is 59.3 Å². The van der Waals surface area contributed by atoms with Gasteiger partial charge in [0.25, 0.3) is 0 Å². The van der Waals surface area contributed by atoms with Crippen LogP contribution in [0.25, 0.3) is 0 Å². The highest BCUT2D eigenvalue weighted by atomic mass is 16.2. The molecule has 0 saturated heterocycles. The Morgan fingerprint density at radius 1 is 1.09 bits per heavy atom. The summed E-state index contributed by atoms with van der Waals surface area (Å²) in [5.41, 5.74) is 1.82. The average molecular weight is 318 g/mol. The lowest BCUT2D eigenvalue weighted by Crippen LogP contribution is -2.40. The number of hydrogen-bond donors (Lipinski definition) is 1. The molecule has 0 aromatic heterocycles. The molecule has 1 aromatic rings. The van der Waals surface area contributed by atoms with E-state index in [0.29, 0.717) is 19.0 Å². The lowest BCUT2D eigenvalue weighted by molar-refractivity contribution is -0.143. The van der Waals surface area contributed by atoms with Crippen molar-refractivity contribution in [1.29, 1.82) is 0 Å². The van der Waals surface area contributed by atoms with Crippen LogP contribution >= 0.6 is 0 Å². The fraction of sp³-hybridized carbons (Fsp3) is 0.579. The third-order valence-electron chi connectivity index (χ3n) is 4.11. The fourth-order valence-corrected chi connectivity index (χ4v) is 2.51. The molecule has 0 heterocycles. The molecule has 1 rings (SSSR count). The molecular weight excluding hydrogens is 288 g/mol. The number of rotatable bonds is 8. The van der Waals surface area contributed by atoms with Crippen LogP contribution in [0.1, 0.15) is 64.9 Å². The highest BCUT2D eigenvalue weighted by Gasteiger charge is 2.22. The number of hydrogen-bond acceptors (Lipinski definition) is 2. The van der Waals surface area contributed by atoms with Crippen LogP contribution in [-0.2, 0) is 9.59 Å². The first-order chi connectivity index (χ1) is 11.0. The van der Waals surface area contributed by atoms with Crippen molar-refractivity contribution < 1.29 is 9.59 Å². The molecule has 4 heteroatoms. The molecule has 128 valence electrons. The van der Waals surface area contributed by atoms with Gasteiger partial charge in [0, 0.05) is 18.8 Å². The number of carbonyl (C=O) groups excluding carboxylic acids is 2. The van der Waals surface area contributed by atoms with Crippen LogP contribution in [0.15, 0.2) is 24.3 Å². The molecule has 2 amide bonds. The molecule has 1 N–H and O–H groups in total. The van der Waals surface area contributed by atoms with Gasteiger partial charge in [-0.2, -0.15) is 0 Å². The largest absolute Gasteiger partial charge is 0.334 e. The maximum absolute atomic E-state index is 12.4. The summed E-state index contributed by atoms with van der Waals surface area (Å²) in [5.74, 6) is -0.627. The molecule has 0 aliphatic carbocycles. The minimum Gasteiger partial charge on any atom is -0.334 e. The molecule has 4 nitrogen and oxygen atoms in total. The predicted molar refractivity (Wildman–Crippen MR) is 95.6 cm³/mol. The van der Waals surface area contributed by atoms with Gasteiger partial charge in [-0.1, -0.05) is 52.3 Å². The number of carbonyl (C=O) groups is 2.